The van der Waals surface area contributed by atoms with Gasteiger partial charge in [-0.25, -0.2) is 17.2 Å². The van der Waals surface area contributed by atoms with Crippen molar-refractivity contribution in [3.05, 3.63) is 64.8 Å². The molecule has 0 radical (unpaired) electrons. The molecule has 5 nitrogen and oxygen atoms in total. The number of carboxylic acids is 1. The van der Waals surface area contributed by atoms with Crippen LogP contribution in [0, 0.1) is 0 Å². The first kappa shape index (κ1) is 19.8. The first-order valence-electron chi connectivity index (χ1n) is 8.23. The molecule has 142 valence electrons. The molecule has 0 atom stereocenters. The van der Waals surface area contributed by atoms with Crippen LogP contribution in [0.15, 0.2) is 53.4 Å². The number of fused-ring (bicyclic) bond motifs is 1. The Balaban J connectivity index is 2.35. The highest BCUT2D eigenvalue weighted by atomic mass is 35.5. The van der Waals surface area contributed by atoms with Crippen LogP contribution in [0.25, 0.3) is 10.9 Å². The summed E-state index contributed by atoms with van der Waals surface area (Å²) in [6, 6.07) is 12.6. The molecule has 0 aliphatic heterocycles. The summed E-state index contributed by atoms with van der Waals surface area (Å²) in [6.07, 6.45) is 3.19. The Morgan fingerprint density at radius 2 is 1.89 bits per heavy atom. The van der Waals surface area contributed by atoms with Crippen LogP contribution in [-0.4, -0.2) is 35.5 Å². The number of aromatic nitrogens is 1. The van der Waals surface area contributed by atoms with Crippen molar-refractivity contribution >= 4 is 50.3 Å². The van der Waals surface area contributed by atoms with Crippen molar-refractivity contribution in [3.63, 3.8) is 0 Å². The first-order chi connectivity index (χ1) is 12.9. The fraction of sp³-hybridized carbons (Fsp3) is 0.211. The van der Waals surface area contributed by atoms with E-state index in [2.05, 4.69) is 0 Å². The Kier molecular flexibility index (Phi) is 5.83. The van der Waals surface area contributed by atoms with Gasteiger partial charge in [0.15, 0.2) is 0 Å². The van der Waals surface area contributed by atoms with Crippen LogP contribution in [-0.2, 0) is 16.4 Å². The van der Waals surface area contributed by atoms with E-state index >= 15 is 0 Å². The Labute approximate surface area is 167 Å². The molecule has 1 N–H and O–H groups in total. The molecule has 0 aliphatic rings. The van der Waals surface area contributed by atoms with E-state index in [1.54, 1.807) is 42.1 Å². The van der Waals surface area contributed by atoms with Crippen LogP contribution in [0.5, 0.6) is 0 Å². The smallest absolute Gasteiger partial charge is 0.353 e. The van der Waals surface area contributed by atoms with Gasteiger partial charge in [0, 0.05) is 10.4 Å². The minimum atomic E-state index is -4.10. The van der Waals surface area contributed by atoms with Crippen molar-refractivity contribution in [2.24, 2.45) is 0 Å². The number of carbonyl (C=O) groups is 1. The summed E-state index contributed by atoms with van der Waals surface area (Å²) >= 11 is 7.75. The average molecular weight is 424 g/mol. The quantitative estimate of drug-likeness (QED) is 0.565. The highest BCUT2D eigenvalue weighted by molar-refractivity contribution is 7.98. The molecule has 0 spiro atoms. The molecule has 0 fully saturated rings. The lowest BCUT2D eigenvalue weighted by atomic mass is 10.1. The van der Waals surface area contributed by atoms with Gasteiger partial charge in [0.05, 0.1) is 10.4 Å². The maximum absolute atomic E-state index is 13.3. The Hall–Kier alpha value is -1.96. The number of benzene rings is 2. The van der Waals surface area contributed by atoms with Crippen LogP contribution in [0.3, 0.4) is 0 Å². The zero-order chi connectivity index (χ0) is 19.6. The Bertz CT molecular complexity index is 1090. The van der Waals surface area contributed by atoms with Crippen LogP contribution in [0.1, 0.15) is 22.5 Å². The predicted octanol–water partition coefficient (Wildman–Crippen LogP) is 4.53. The molecule has 3 rings (SSSR count). The van der Waals surface area contributed by atoms with E-state index in [0.29, 0.717) is 22.4 Å². The van der Waals surface area contributed by atoms with E-state index in [0.717, 1.165) is 16.1 Å². The summed E-state index contributed by atoms with van der Waals surface area (Å²) < 4.78 is 27.5. The summed E-state index contributed by atoms with van der Waals surface area (Å²) in [4.78, 5) is 12.1. The van der Waals surface area contributed by atoms with Gasteiger partial charge in [-0.2, -0.15) is 11.8 Å². The highest BCUT2D eigenvalue weighted by Crippen LogP contribution is 2.33. The van der Waals surface area contributed by atoms with Crippen molar-refractivity contribution in [1.29, 1.82) is 0 Å². The van der Waals surface area contributed by atoms with Crippen LogP contribution < -0.4 is 0 Å². The second-order valence-electron chi connectivity index (χ2n) is 5.97. The third kappa shape index (κ3) is 3.72. The number of halogens is 1. The molecule has 0 amide bonds. The van der Waals surface area contributed by atoms with Crippen molar-refractivity contribution in [3.8, 4) is 0 Å². The predicted molar refractivity (Wildman–Crippen MR) is 110 cm³/mol. The number of rotatable bonds is 7. The summed E-state index contributed by atoms with van der Waals surface area (Å²) in [5, 5.41) is 10.8. The molecule has 0 unspecified atom stereocenters. The molecule has 27 heavy (non-hydrogen) atoms. The summed E-state index contributed by atoms with van der Waals surface area (Å²) in [5.41, 5.74) is 0.572. The Morgan fingerprint density at radius 1 is 1.19 bits per heavy atom. The lowest BCUT2D eigenvalue weighted by molar-refractivity contribution is 0.0688. The minimum Gasteiger partial charge on any atom is -0.477 e. The molecular formula is C19H18ClNO4S2. The number of thioether (sulfide) groups is 1. The summed E-state index contributed by atoms with van der Waals surface area (Å²) in [5.74, 6) is -0.425. The summed E-state index contributed by atoms with van der Waals surface area (Å²) in [7, 11) is -4.10. The second-order valence-corrected chi connectivity index (χ2v) is 9.18. The first-order valence-corrected chi connectivity index (χ1v) is 11.4. The van der Waals surface area contributed by atoms with E-state index in [1.807, 2.05) is 6.26 Å². The molecule has 2 aromatic carbocycles. The van der Waals surface area contributed by atoms with E-state index in [9.17, 15) is 18.3 Å². The van der Waals surface area contributed by atoms with Crippen LogP contribution in [0.2, 0.25) is 5.02 Å². The number of aromatic carboxylic acids is 1. The molecule has 0 saturated heterocycles. The van der Waals surface area contributed by atoms with Crippen LogP contribution in [0.4, 0.5) is 0 Å². The third-order valence-corrected chi connectivity index (χ3v) is 6.91. The molecular weight excluding hydrogens is 406 g/mol. The third-order valence-electron chi connectivity index (χ3n) is 4.25. The fourth-order valence-corrected chi connectivity index (χ4v) is 5.26. The Morgan fingerprint density at radius 3 is 2.52 bits per heavy atom. The number of hydrogen-bond acceptors (Lipinski definition) is 4. The van der Waals surface area contributed by atoms with E-state index in [1.165, 1.54) is 18.2 Å². The van der Waals surface area contributed by atoms with Gasteiger partial charge in [0.2, 0.25) is 0 Å². The molecule has 1 heterocycles. The van der Waals surface area contributed by atoms with Gasteiger partial charge >= 0.3 is 5.97 Å². The molecule has 0 aliphatic carbocycles. The number of hydrogen-bond donors (Lipinski definition) is 1. The van der Waals surface area contributed by atoms with Gasteiger partial charge in [0.25, 0.3) is 10.0 Å². The van der Waals surface area contributed by atoms with Crippen molar-refractivity contribution in [1.82, 2.24) is 3.97 Å². The lowest BCUT2D eigenvalue weighted by Gasteiger charge is -2.10. The maximum Gasteiger partial charge on any atom is 0.353 e. The fourth-order valence-electron chi connectivity index (χ4n) is 3.11. The standard InChI is InChI=1S/C19H18ClNO4S2/c1-26-11-5-8-16-15-10-9-13(20)12-17(15)21(18(16)19(22)23)27(24,25)14-6-3-2-4-7-14/h2-4,6-7,9-10,12H,5,8,11H2,1H3,(H,22,23). The van der Waals surface area contributed by atoms with Crippen LogP contribution >= 0.6 is 23.4 Å². The van der Waals surface area contributed by atoms with Crippen molar-refractivity contribution < 1.29 is 18.3 Å². The summed E-state index contributed by atoms with van der Waals surface area (Å²) in [6.45, 7) is 0. The highest BCUT2D eigenvalue weighted by Gasteiger charge is 2.30. The lowest BCUT2D eigenvalue weighted by Crippen LogP contribution is -2.19. The maximum atomic E-state index is 13.3. The zero-order valence-corrected chi connectivity index (χ0v) is 16.9. The molecule has 8 heteroatoms. The normalized spacial score (nSPS) is 11.8. The monoisotopic (exact) mass is 423 g/mol. The SMILES string of the molecule is CSCCCc1c(C(=O)O)n(S(=O)(=O)c2ccccc2)c2cc(Cl)ccc12. The zero-order valence-electron chi connectivity index (χ0n) is 14.6. The molecule has 0 saturated carbocycles. The van der Waals surface area contributed by atoms with Gasteiger partial charge in [0.1, 0.15) is 5.69 Å². The molecule has 1 aromatic heterocycles. The topological polar surface area (TPSA) is 76.4 Å². The van der Waals surface area contributed by atoms with Gasteiger partial charge in [-0.3, -0.25) is 0 Å². The van der Waals surface area contributed by atoms with Gasteiger partial charge in [-0.05, 0) is 54.7 Å². The number of carboxylic acid groups (broad SMARTS) is 1. The average Bonchev–Trinajstić information content (AvgIpc) is 2.97. The number of aryl methyl sites for hydroxylation is 1. The molecule has 3 aromatic rings. The van der Waals surface area contributed by atoms with Gasteiger partial charge in [-0.15, -0.1) is 0 Å². The van der Waals surface area contributed by atoms with Gasteiger partial charge < -0.3 is 5.11 Å². The van der Waals surface area contributed by atoms with Gasteiger partial charge in [-0.1, -0.05) is 35.9 Å². The number of nitrogens with zero attached hydrogens (tertiary/aromatic N) is 1. The minimum absolute atomic E-state index is 0.0278. The second kappa shape index (κ2) is 7.96. The van der Waals surface area contributed by atoms with Crippen molar-refractivity contribution in [2.75, 3.05) is 12.0 Å². The van der Waals surface area contributed by atoms with Crippen molar-refractivity contribution in [2.45, 2.75) is 17.7 Å². The van der Waals surface area contributed by atoms with E-state index in [-0.39, 0.29) is 16.1 Å². The molecule has 0 bridgehead atoms. The van der Waals surface area contributed by atoms with E-state index in [4.69, 9.17) is 11.6 Å². The van der Waals surface area contributed by atoms with E-state index < -0.39 is 16.0 Å². The largest absolute Gasteiger partial charge is 0.477 e.